The number of aliphatic carboxylic acids is 1. The van der Waals surface area contributed by atoms with Crippen LogP contribution in [0.3, 0.4) is 0 Å². The second kappa shape index (κ2) is 8.66. The molecule has 0 unspecified atom stereocenters. The van der Waals surface area contributed by atoms with Crippen LogP contribution in [0.4, 0.5) is 0 Å². The summed E-state index contributed by atoms with van der Waals surface area (Å²) in [5.41, 5.74) is 3.91. The molecule has 0 heterocycles. The van der Waals surface area contributed by atoms with Gasteiger partial charge in [0.2, 0.25) is 0 Å². The minimum absolute atomic E-state index is 0.229. The molecular weight excluding hydrogens is 372 g/mol. The van der Waals surface area contributed by atoms with Crippen molar-refractivity contribution in [1.82, 2.24) is 0 Å². The summed E-state index contributed by atoms with van der Waals surface area (Å²) in [5.74, 6) is -0.317. The van der Waals surface area contributed by atoms with E-state index in [2.05, 4.69) is 12.1 Å². The minimum Gasteiger partial charge on any atom is -0.488 e. The van der Waals surface area contributed by atoms with Crippen LogP contribution in [0.2, 0.25) is 0 Å². The fourth-order valence-electron chi connectivity index (χ4n) is 3.43. The van der Waals surface area contributed by atoms with Gasteiger partial charge in [-0.15, -0.1) is 0 Å². The number of hydrogen-bond donors (Lipinski definition) is 1. The van der Waals surface area contributed by atoms with Crippen molar-refractivity contribution in [3.63, 3.8) is 0 Å². The van der Waals surface area contributed by atoms with Crippen molar-refractivity contribution in [2.45, 2.75) is 13.5 Å². The van der Waals surface area contributed by atoms with Crippen molar-refractivity contribution in [1.29, 1.82) is 0 Å². The highest BCUT2D eigenvalue weighted by molar-refractivity contribution is 6.22. The summed E-state index contributed by atoms with van der Waals surface area (Å²) < 4.78 is 6.15. The van der Waals surface area contributed by atoms with Gasteiger partial charge in [0.05, 0.1) is 5.57 Å². The quantitative estimate of drug-likeness (QED) is 0.306. The second-order valence-corrected chi connectivity index (χ2v) is 7.20. The molecule has 30 heavy (non-hydrogen) atoms. The largest absolute Gasteiger partial charge is 0.488 e. The van der Waals surface area contributed by atoms with Crippen LogP contribution >= 0.6 is 0 Å². The molecule has 0 radical (unpaired) electrons. The summed E-state index contributed by atoms with van der Waals surface area (Å²) in [6.45, 7) is 2.46. The lowest BCUT2D eigenvalue weighted by Gasteiger charge is -2.13. The first-order valence-electron chi connectivity index (χ1n) is 9.82. The van der Waals surface area contributed by atoms with E-state index in [1.54, 1.807) is 18.2 Å². The van der Waals surface area contributed by atoms with E-state index >= 15 is 0 Å². The maximum Gasteiger partial charge on any atom is 0.336 e. The molecule has 148 valence electrons. The van der Waals surface area contributed by atoms with Crippen molar-refractivity contribution in [3.05, 3.63) is 113 Å². The molecular formula is C27H22O3. The molecule has 0 spiro atoms. The molecule has 0 aliphatic carbocycles. The van der Waals surface area contributed by atoms with E-state index in [1.165, 1.54) is 5.56 Å². The number of carboxylic acid groups (broad SMARTS) is 1. The normalized spacial score (nSPS) is 11.4. The highest BCUT2D eigenvalue weighted by Gasteiger charge is 2.14. The van der Waals surface area contributed by atoms with Gasteiger partial charge in [-0.3, -0.25) is 0 Å². The first-order valence-corrected chi connectivity index (χ1v) is 9.82. The van der Waals surface area contributed by atoms with Crippen LogP contribution in [0.15, 0.2) is 91.0 Å². The van der Waals surface area contributed by atoms with Crippen molar-refractivity contribution in [2.24, 2.45) is 0 Å². The summed E-state index contributed by atoms with van der Waals surface area (Å²) in [4.78, 5) is 12.1. The van der Waals surface area contributed by atoms with Crippen LogP contribution in [0.1, 0.15) is 22.3 Å². The maximum absolute atomic E-state index is 12.1. The van der Waals surface area contributed by atoms with Crippen molar-refractivity contribution in [3.8, 4) is 5.75 Å². The third-order valence-electron chi connectivity index (χ3n) is 5.05. The van der Waals surface area contributed by atoms with Gasteiger partial charge in [-0.2, -0.15) is 0 Å². The van der Waals surface area contributed by atoms with Gasteiger partial charge in [0.25, 0.3) is 0 Å². The Bertz CT molecular complexity index is 1210. The van der Waals surface area contributed by atoms with E-state index in [4.69, 9.17) is 4.74 Å². The molecule has 0 fully saturated rings. The lowest BCUT2D eigenvalue weighted by atomic mass is 9.98. The summed E-state index contributed by atoms with van der Waals surface area (Å²) in [5, 5.41) is 11.9. The monoisotopic (exact) mass is 394 g/mol. The summed E-state index contributed by atoms with van der Waals surface area (Å²) in [7, 11) is 0. The van der Waals surface area contributed by atoms with Crippen LogP contribution in [0.5, 0.6) is 5.75 Å². The van der Waals surface area contributed by atoms with Gasteiger partial charge in [-0.1, -0.05) is 90.5 Å². The number of benzene rings is 4. The summed E-state index contributed by atoms with van der Waals surface area (Å²) in [6.07, 6.45) is 1.71. The predicted molar refractivity (Wildman–Crippen MR) is 121 cm³/mol. The standard InChI is InChI=1S/C27H22O3/c1-19-11-13-20(14-12-19)18-30-26-16-15-22-9-5-6-10-23(22)25(26)17-24(27(28)29)21-7-3-2-4-8-21/h2-17H,18H2,1H3,(H,28,29). The minimum atomic E-state index is -0.974. The SMILES string of the molecule is Cc1ccc(COc2ccc3ccccc3c2C=C(C(=O)O)c2ccccc2)cc1. The average molecular weight is 394 g/mol. The van der Waals surface area contributed by atoms with Gasteiger partial charge < -0.3 is 9.84 Å². The topological polar surface area (TPSA) is 46.5 Å². The molecule has 0 aliphatic heterocycles. The zero-order chi connectivity index (χ0) is 20.9. The third kappa shape index (κ3) is 4.26. The van der Waals surface area contributed by atoms with Crippen molar-refractivity contribution >= 4 is 28.4 Å². The van der Waals surface area contributed by atoms with Crippen molar-refractivity contribution in [2.75, 3.05) is 0 Å². The molecule has 3 heteroatoms. The van der Waals surface area contributed by atoms with Gasteiger partial charge in [0.15, 0.2) is 0 Å². The fraction of sp³-hybridized carbons (Fsp3) is 0.0741. The highest BCUT2D eigenvalue weighted by Crippen LogP contribution is 2.32. The molecule has 0 amide bonds. The molecule has 4 aromatic carbocycles. The Morgan fingerprint density at radius 2 is 1.57 bits per heavy atom. The summed E-state index contributed by atoms with van der Waals surface area (Å²) in [6, 6.07) is 29.2. The molecule has 0 saturated carbocycles. The number of carbonyl (C=O) groups is 1. The maximum atomic E-state index is 12.1. The Labute approximate surface area is 175 Å². The highest BCUT2D eigenvalue weighted by atomic mass is 16.5. The van der Waals surface area contributed by atoms with E-state index in [0.29, 0.717) is 17.9 Å². The Kier molecular flexibility index (Phi) is 5.62. The molecule has 0 aliphatic rings. The van der Waals surface area contributed by atoms with Crippen LogP contribution in [0.25, 0.3) is 22.4 Å². The van der Waals surface area contributed by atoms with E-state index in [1.807, 2.05) is 73.7 Å². The number of ether oxygens (including phenoxy) is 1. The van der Waals surface area contributed by atoms with E-state index in [9.17, 15) is 9.90 Å². The number of fused-ring (bicyclic) bond motifs is 1. The van der Waals surface area contributed by atoms with Crippen LogP contribution in [-0.2, 0) is 11.4 Å². The average Bonchev–Trinajstić information content (AvgIpc) is 2.77. The lowest BCUT2D eigenvalue weighted by Crippen LogP contribution is -2.01. The fourth-order valence-corrected chi connectivity index (χ4v) is 3.43. The molecule has 0 saturated heterocycles. The Hall–Kier alpha value is -3.85. The molecule has 4 aromatic rings. The number of carboxylic acids is 1. The molecule has 4 rings (SSSR count). The Balaban J connectivity index is 1.80. The molecule has 0 aromatic heterocycles. The van der Waals surface area contributed by atoms with Gasteiger partial charge in [-0.25, -0.2) is 4.79 Å². The smallest absolute Gasteiger partial charge is 0.336 e. The predicted octanol–water partition coefficient (Wildman–Crippen LogP) is 6.35. The summed E-state index contributed by atoms with van der Waals surface area (Å²) >= 11 is 0. The Morgan fingerprint density at radius 1 is 0.867 bits per heavy atom. The molecule has 0 atom stereocenters. The lowest BCUT2D eigenvalue weighted by molar-refractivity contribution is -0.130. The van der Waals surface area contributed by atoms with E-state index < -0.39 is 5.97 Å². The van der Waals surface area contributed by atoms with E-state index in [0.717, 1.165) is 21.9 Å². The third-order valence-corrected chi connectivity index (χ3v) is 5.05. The zero-order valence-corrected chi connectivity index (χ0v) is 16.7. The number of rotatable bonds is 6. The van der Waals surface area contributed by atoms with Gasteiger partial charge in [-0.05, 0) is 41.0 Å². The zero-order valence-electron chi connectivity index (χ0n) is 16.7. The number of aryl methyl sites for hydroxylation is 1. The van der Waals surface area contributed by atoms with Crippen LogP contribution in [-0.4, -0.2) is 11.1 Å². The van der Waals surface area contributed by atoms with E-state index in [-0.39, 0.29) is 5.57 Å². The first kappa shape index (κ1) is 19.5. The van der Waals surface area contributed by atoms with Gasteiger partial charge in [0, 0.05) is 5.56 Å². The molecule has 3 nitrogen and oxygen atoms in total. The second-order valence-electron chi connectivity index (χ2n) is 7.20. The van der Waals surface area contributed by atoms with Crippen LogP contribution < -0.4 is 4.74 Å². The Morgan fingerprint density at radius 3 is 2.30 bits per heavy atom. The molecule has 0 bridgehead atoms. The van der Waals surface area contributed by atoms with Gasteiger partial charge >= 0.3 is 5.97 Å². The van der Waals surface area contributed by atoms with Crippen molar-refractivity contribution < 1.29 is 14.6 Å². The molecule has 1 N–H and O–H groups in total. The first-order chi connectivity index (χ1) is 14.6. The van der Waals surface area contributed by atoms with Crippen LogP contribution in [0, 0.1) is 6.92 Å². The number of hydrogen-bond acceptors (Lipinski definition) is 2. The van der Waals surface area contributed by atoms with Gasteiger partial charge in [0.1, 0.15) is 12.4 Å².